The van der Waals surface area contributed by atoms with Crippen LogP contribution in [0.15, 0.2) is 22.7 Å². The third-order valence-electron chi connectivity index (χ3n) is 6.85. The molecule has 2 aromatic rings. The number of anilines is 1. The van der Waals surface area contributed by atoms with Crippen LogP contribution in [0.3, 0.4) is 0 Å². The molecule has 4 rings (SSSR count). The van der Waals surface area contributed by atoms with Gasteiger partial charge in [-0.2, -0.15) is 4.98 Å². The van der Waals surface area contributed by atoms with E-state index >= 15 is 0 Å². The molecule has 2 aliphatic rings. The molecule has 1 unspecified atom stereocenters. The van der Waals surface area contributed by atoms with Gasteiger partial charge in [0, 0.05) is 31.2 Å². The van der Waals surface area contributed by atoms with Crippen molar-refractivity contribution in [3.8, 4) is 5.75 Å². The average Bonchev–Trinajstić information content (AvgIpc) is 3.37. The number of amides is 2. The summed E-state index contributed by atoms with van der Waals surface area (Å²) in [6.45, 7) is 8.05. The summed E-state index contributed by atoms with van der Waals surface area (Å²) in [5.74, 6) is 1.72. The number of benzene rings is 1. The van der Waals surface area contributed by atoms with Crippen LogP contribution < -0.4 is 10.1 Å². The Hall–Kier alpha value is -2.65. The highest BCUT2D eigenvalue weighted by Crippen LogP contribution is 2.48. The molecule has 2 fully saturated rings. The second-order valence-electron chi connectivity index (χ2n) is 9.68. The Labute approximate surface area is 204 Å². The van der Waals surface area contributed by atoms with Crippen LogP contribution in [0.25, 0.3) is 0 Å². The largest absolute Gasteiger partial charge is 0.495 e. The fraction of sp³-hybridized carbons (Fsp3) is 0.583. The monoisotopic (exact) mass is 489 g/mol. The minimum absolute atomic E-state index is 0.00148. The van der Waals surface area contributed by atoms with Gasteiger partial charge >= 0.3 is 0 Å². The standard InChI is InChI=1S/C24H32ClN5O4/c1-15(2)23(32)29-9-7-24(8-10-29)12-19(22-26-16(3)28-34-22)30(14-24)13-21(31)27-17-5-6-20(33-4)18(25)11-17/h5-6,11,15,19H,7-10,12-14H2,1-4H3,(H,27,31). The molecule has 1 aromatic heterocycles. The Morgan fingerprint density at radius 1 is 1.32 bits per heavy atom. The summed E-state index contributed by atoms with van der Waals surface area (Å²) < 4.78 is 10.7. The van der Waals surface area contributed by atoms with Crippen molar-refractivity contribution >= 4 is 29.1 Å². The fourth-order valence-corrected chi connectivity index (χ4v) is 5.32. The highest BCUT2D eigenvalue weighted by molar-refractivity contribution is 6.32. The Balaban J connectivity index is 1.46. The van der Waals surface area contributed by atoms with Crippen LogP contribution in [0, 0.1) is 18.3 Å². The molecule has 2 amide bonds. The van der Waals surface area contributed by atoms with Gasteiger partial charge < -0.3 is 19.5 Å². The molecule has 2 aliphatic heterocycles. The van der Waals surface area contributed by atoms with Crippen molar-refractivity contribution in [1.82, 2.24) is 19.9 Å². The number of nitrogens with one attached hydrogen (secondary N) is 1. The molecule has 3 heterocycles. The van der Waals surface area contributed by atoms with E-state index in [4.69, 9.17) is 20.9 Å². The van der Waals surface area contributed by atoms with Gasteiger partial charge in [-0.15, -0.1) is 0 Å². The maximum atomic E-state index is 13.0. The number of likely N-dealkylation sites (tertiary alicyclic amines) is 2. The van der Waals surface area contributed by atoms with Crippen molar-refractivity contribution in [3.05, 3.63) is 34.9 Å². The average molecular weight is 490 g/mol. The first-order valence-corrected chi connectivity index (χ1v) is 12.0. The van der Waals surface area contributed by atoms with E-state index in [1.165, 1.54) is 0 Å². The lowest BCUT2D eigenvalue weighted by Gasteiger charge is -2.40. The maximum Gasteiger partial charge on any atom is 0.244 e. The zero-order valence-corrected chi connectivity index (χ0v) is 20.9. The van der Waals surface area contributed by atoms with Gasteiger partial charge in [-0.05, 0) is 49.8 Å². The molecule has 0 saturated carbocycles. The minimum Gasteiger partial charge on any atom is -0.495 e. The van der Waals surface area contributed by atoms with E-state index < -0.39 is 0 Å². The van der Waals surface area contributed by atoms with Gasteiger partial charge in [-0.25, -0.2) is 0 Å². The van der Waals surface area contributed by atoms with Gasteiger partial charge in [0.25, 0.3) is 0 Å². The minimum atomic E-state index is -0.146. The first-order valence-electron chi connectivity index (χ1n) is 11.7. The molecule has 9 nitrogen and oxygen atoms in total. The molecule has 10 heteroatoms. The smallest absolute Gasteiger partial charge is 0.244 e. The molecule has 1 spiro atoms. The van der Waals surface area contributed by atoms with Crippen LogP contribution in [0.4, 0.5) is 5.69 Å². The number of rotatable bonds is 6. The number of carbonyl (C=O) groups excluding carboxylic acids is 2. The summed E-state index contributed by atoms with van der Waals surface area (Å²) in [6, 6.07) is 5.01. The van der Waals surface area contributed by atoms with E-state index in [1.54, 1.807) is 32.2 Å². The summed E-state index contributed by atoms with van der Waals surface area (Å²) in [6.07, 6.45) is 2.60. The predicted octanol–water partition coefficient (Wildman–Crippen LogP) is 3.69. The third-order valence-corrected chi connectivity index (χ3v) is 7.14. The number of methoxy groups -OCH3 is 1. The molecule has 34 heavy (non-hydrogen) atoms. The van der Waals surface area contributed by atoms with Gasteiger partial charge in [0.15, 0.2) is 5.82 Å². The fourth-order valence-electron chi connectivity index (χ4n) is 5.06. The first kappa shape index (κ1) is 24.5. The van der Waals surface area contributed by atoms with Gasteiger partial charge in [0.2, 0.25) is 17.7 Å². The number of piperidine rings is 1. The second kappa shape index (κ2) is 9.92. The van der Waals surface area contributed by atoms with E-state index in [0.29, 0.717) is 28.2 Å². The van der Waals surface area contributed by atoms with Crippen molar-refractivity contribution in [2.45, 2.75) is 46.1 Å². The number of aromatic nitrogens is 2. The predicted molar refractivity (Wildman–Crippen MR) is 128 cm³/mol. The highest BCUT2D eigenvalue weighted by atomic mass is 35.5. The SMILES string of the molecule is COc1ccc(NC(=O)CN2CC3(CCN(C(=O)C(C)C)CC3)CC2c2nc(C)no2)cc1Cl. The summed E-state index contributed by atoms with van der Waals surface area (Å²) in [4.78, 5) is 34.0. The maximum absolute atomic E-state index is 13.0. The van der Waals surface area contributed by atoms with E-state index in [-0.39, 0.29) is 35.7 Å². The molecule has 0 radical (unpaired) electrons. The van der Waals surface area contributed by atoms with Crippen LogP contribution >= 0.6 is 11.6 Å². The molecule has 1 N–H and O–H groups in total. The topological polar surface area (TPSA) is 101 Å². The van der Waals surface area contributed by atoms with Crippen LogP contribution in [-0.4, -0.2) is 65.0 Å². The lowest BCUT2D eigenvalue weighted by atomic mass is 9.76. The van der Waals surface area contributed by atoms with Crippen LogP contribution in [0.1, 0.15) is 50.9 Å². The van der Waals surface area contributed by atoms with Crippen LogP contribution in [-0.2, 0) is 9.59 Å². The lowest BCUT2D eigenvalue weighted by molar-refractivity contribution is -0.136. The van der Waals surface area contributed by atoms with Gasteiger partial charge in [0.1, 0.15) is 5.75 Å². The molecule has 1 aromatic carbocycles. The zero-order valence-electron chi connectivity index (χ0n) is 20.1. The molecule has 0 aliphatic carbocycles. The second-order valence-corrected chi connectivity index (χ2v) is 10.1. The number of carbonyl (C=O) groups is 2. The summed E-state index contributed by atoms with van der Waals surface area (Å²) >= 11 is 6.20. The summed E-state index contributed by atoms with van der Waals surface area (Å²) in [5.41, 5.74) is 0.611. The Kier molecular flexibility index (Phi) is 7.14. The zero-order chi connectivity index (χ0) is 24.5. The van der Waals surface area contributed by atoms with Crippen molar-refractivity contribution in [2.75, 3.05) is 38.6 Å². The van der Waals surface area contributed by atoms with E-state index in [1.807, 2.05) is 18.7 Å². The third kappa shape index (κ3) is 5.20. The van der Waals surface area contributed by atoms with Gasteiger partial charge in [-0.3, -0.25) is 14.5 Å². The first-order chi connectivity index (χ1) is 16.2. The van der Waals surface area contributed by atoms with Crippen molar-refractivity contribution in [1.29, 1.82) is 0 Å². The van der Waals surface area contributed by atoms with E-state index in [2.05, 4.69) is 20.4 Å². The van der Waals surface area contributed by atoms with Crippen molar-refractivity contribution < 1.29 is 18.8 Å². The lowest BCUT2D eigenvalue weighted by Crippen LogP contribution is -2.46. The highest BCUT2D eigenvalue weighted by Gasteiger charge is 2.48. The summed E-state index contributed by atoms with van der Waals surface area (Å²) in [5, 5.41) is 7.32. The van der Waals surface area contributed by atoms with Crippen LogP contribution in [0.2, 0.25) is 5.02 Å². The number of halogens is 1. The quantitative estimate of drug-likeness (QED) is 0.660. The van der Waals surface area contributed by atoms with E-state index in [9.17, 15) is 9.59 Å². The van der Waals surface area contributed by atoms with Crippen LogP contribution in [0.5, 0.6) is 5.75 Å². The number of hydrogen-bond donors (Lipinski definition) is 1. The summed E-state index contributed by atoms with van der Waals surface area (Å²) in [7, 11) is 1.55. The Morgan fingerprint density at radius 2 is 2.06 bits per heavy atom. The number of aryl methyl sites for hydroxylation is 1. The number of nitrogens with zero attached hydrogens (tertiary/aromatic N) is 4. The Morgan fingerprint density at radius 3 is 2.65 bits per heavy atom. The molecule has 0 bridgehead atoms. The number of hydrogen-bond acceptors (Lipinski definition) is 7. The molecule has 2 saturated heterocycles. The normalized spacial score (nSPS) is 20.2. The molecular weight excluding hydrogens is 458 g/mol. The van der Waals surface area contributed by atoms with Gasteiger partial charge in [0.05, 0.1) is 24.7 Å². The van der Waals surface area contributed by atoms with Crippen molar-refractivity contribution in [2.24, 2.45) is 11.3 Å². The molecule has 184 valence electrons. The molecular formula is C24H32ClN5O4. The Bertz CT molecular complexity index is 1050. The molecule has 1 atom stereocenters. The van der Waals surface area contributed by atoms with E-state index in [0.717, 1.165) is 38.9 Å². The number of ether oxygens (including phenoxy) is 1. The van der Waals surface area contributed by atoms with Crippen molar-refractivity contribution in [3.63, 3.8) is 0 Å². The van der Waals surface area contributed by atoms with Gasteiger partial charge in [-0.1, -0.05) is 30.6 Å².